The molecule has 0 radical (unpaired) electrons. The number of benzene rings is 1. The molecule has 1 saturated carbocycles. The highest BCUT2D eigenvalue weighted by Crippen LogP contribution is 2.22. The zero-order valence-corrected chi connectivity index (χ0v) is 12.5. The lowest BCUT2D eigenvalue weighted by Crippen LogP contribution is -2.45. The number of hydrogen-bond acceptors (Lipinski definition) is 3. The van der Waals surface area contributed by atoms with E-state index in [1.54, 1.807) is 31.3 Å². The van der Waals surface area contributed by atoms with Crippen molar-refractivity contribution in [1.82, 2.24) is 5.32 Å². The third-order valence-corrected chi connectivity index (χ3v) is 4.03. The summed E-state index contributed by atoms with van der Waals surface area (Å²) in [5, 5.41) is 12.8. The molecular weight excluding hydrogens is 268 g/mol. The third kappa shape index (κ3) is 3.61. The number of para-hydroxylation sites is 1. The van der Waals surface area contributed by atoms with Crippen LogP contribution in [0.25, 0.3) is 0 Å². The van der Waals surface area contributed by atoms with Gasteiger partial charge in [-0.1, -0.05) is 25.0 Å². The van der Waals surface area contributed by atoms with Crippen LogP contribution in [0.1, 0.15) is 43.0 Å². The lowest BCUT2D eigenvalue weighted by atomic mass is 9.92. The smallest absolute Gasteiger partial charge is 0.253 e. The second-order valence-corrected chi connectivity index (χ2v) is 5.53. The topological polar surface area (TPSA) is 69.6 Å². The van der Waals surface area contributed by atoms with E-state index in [4.69, 9.17) is 0 Å². The van der Waals surface area contributed by atoms with Crippen LogP contribution in [0.15, 0.2) is 24.3 Å². The Morgan fingerprint density at radius 2 is 1.90 bits per heavy atom. The van der Waals surface area contributed by atoms with Gasteiger partial charge in [-0.2, -0.15) is 0 Å². The monoisotopic (exact) mass is 290 g/mol. The molecule has 0 saturated heterocycles. The quantitative estimate of drug-likeness (QED) is 0.890. The van der Waals surface area contributed by atoms with Crippen LogP contribution in [0.3, 0.4) is 0 Å². The van der Waals surface area contributed by atoms with Gasteiger partial charge in [0.25, 0.3) is 5.91 Å². The molecule has 2 rings (SSSR count). The molecule has 2 atom stereocenters. The summed E-state index contributed by atoms with van der Waals surface area (Å²) in [5.74, 6) is -0.377. The molecule has 5 nitrogen and oxygen atoms in total. The highest BCUT2D eigenvalue weighted by Gasteiger charge is 2.26. The number of nitrogens with zero attached hydrogens (tertiary/aromatic N) is 1. The first-order valence-corrected chi connectivity index (χ1v) is 7.33. The summed E-state index contributed by atoms with van der Waals surface area (Å²) in [6.45, 7) is 1.46. The van der Waals surface area contributed by atoms with E-state index in [-0.39, 0.29) is 17.9 Å². The van der Waals surface area contributed by atoms with E-state index in [0.717, 1.165) is 25.7 Å². The SMILES string of the molecule is CC(=O)N(C)c1ccccc1C(=O)N[C@H]1CCCC[C@@H]1O. The molecule has 0 aliphatic heterocycles. The summed E-state index contributed by atoms with van der Waals surface area (Å²) in [6.07, 6.45) is 3.03. The van der Waals surface area contributed by atoms with Crippen molar-refractivity contribution in [3.63, 3.8) is 0 Å². The summed E-state index contributed by atoms with van der Waals surface area (Å²) in [7, 11) is 1.64. The number of amides is 2. The van der Waals surface area contributed by atoms with Crippen molar-refractivity contribution in [2.45, 2.75) is 44.8 Å². The van der Waals surface area contributed by atoms with Crippen molar-refractivity contribution in [1.29, 1.82) is 0 Å². The Bertz CT molecular complexity index is 530. The average Bonchev–Trinajstić information content (AvgIpc) is 2.48. The van der Waals surface area contributed by atoms with Crippen LogP contribution >= 0.6 is 0 Å². The number of aliphatic hydroxyl groups is 1. The fraction of sp³-hybridized carbons (Fsp3) is 0.500. The second kappa shape index (κ2) is 6.72. The molecule has 0 aromatic heterocycles. The van der Waals surface area contributed by atoms with E-state index >= 15 is 0 Å². The Labute approximate surface area is 125 Å². The van der Waals surface area contributed by atoms with Gasteiger partial charge in [0.05, 0.1) is 23.4 Å². The fourth-order valence-electron chi connectivity index (χ4n) is 2.65. The number of anilines is 1. The first kappa shape index (κ1) is 15.5. The third-order valence-electron chi connectivity index (χ3n) is 4.03. The molecule has 0 heterocycles. The molecule has 0 unspecified atom stereocenters. The highest BCUT2D eigenvalue weighted by molar-refractivity contribution is 6.04. The zero-order valence-electron chi connectivity index (χ0n) is 12.5. The Kier molecular flexibility index (Phi) is 4.96. The number of aliphatic hydroxyl groups excluding tert-OH is 1. The van der Waals surface area contributed by atoms with E-state index in [9.17, 15) is 14.7 Å². The number of nitrogens with one attached hydrogen (secondary N) is 1. The van der Waals surface area contributed by atoms with Crippen molar-refractivity contribution in [2.24, 2.45) is 0 Å². The molecule has 2 N–H and O–H groups in total. The summed E-state index contributed by atoms with van der Waals surface area (Å²) >= 11 is 0. The minimum atomic E-state index is -0.486. The van der Waals surface area contributed by atoms with Gasteiger partial charge < -0.3 is 15.3 Å². The van der Waals surface area contributed by atoms with E-state index in [1.165, 1.54) is 11.8 Å². The molecule has 5 heteroatoms. The van der Waals surface area contributed by atoms with Crippen LogP contribution in [-0.2, 0) is 4.79 Å². The number of carbonyl (C=O) groups is 2. The Morgan fingerprint density at radius 3 is 2.57 bits per heavy atom. The normalized spacial score (nSPS) is 21.7. The van der Waals surface area contributed by atoms with Crippen LogP contribution in [0, 0.1) is 0 Å². The summed E-state index contributed by atoms with van der Waals surface area (Å²) in [6, 6.07) is 6.79. The first-order valence-electron chi connectivity index (χ1n) is 7.33. The number of rotatable bonds is 3. The average molecular weight is 290 g/mol. The minimum Gasteiger partial charge on any atom is -0.391 e. The number of carbonyl (C=O) groups excluding carboxylic acids is 2. The van der Waals surface area contributed by atoms with Crippen molar-refractivity contribution in [3.05, 3.63) is 29.8 Å². The largest absolute Gasteiger partial charge is 0.391 e. The maximum absolute atomic E-state index is 12.4. The molecule has 114 valence electrons. The van der Waals surface area contributed by atoms with E-state index in [0.29, 0.717) is 11.3 Å². The highest BCUT2D eigenvalue weighted by atomic mass is 16.3. The van der Waals surface area contributed by atoms with Gasteiger partial charge in [-0.05, 0) is 25.0 Å². The van der Waals surface area contributed by atoms with Crippen molar-refractivity contribution in [3.8, 4) is 0 Å². The fourth-order valence-corrected chi connectivity index (χ4v) is 2.65. The molecular formula is C16H22N2O3. The predicted octanol–water partition coefficient (Wildman–Crippen LogP) is 1.70. The van der Waals surface area contributed by atoms with E-state index in [2.05, 4.69) is 5.32 Å². The molecule has 0 spiro atoms. The lowest BCUT2D eigenvalue weighted by molar-refractivity contribution is -0.116. The molecule has 1 aromatic rings. The predicted molar refractivity (Wildman–Crippen MR) is 81.3 cm³/mol. The summed E-state index contributed by atoms with van der Waals surface area (Å²) in [4.78, 5) is 25.4. The molecule has 1 aliphatic carbocycles. The van der Waals surface area contributed by atoms with Crippen LogP contribution < -0.4 is 10.2 Å². The van der Waals surface area contributed by atoms with Gasteiger partial charge in [0.2, 0.25) is 5.91 Å². The second-order valence-electron chi connectivity index (χ2n) is 5.53. The Hall–Kier alpha value is -1.88. The molecule has 1 aromatic carbocycles. The molecule has 2 amide bonds. The van der Waals surface area contributed by atoms with Gasteiger partial charge in [0, 0.05) is 14.0 Å². The maximum Gasteiger partial charge on any atom is 0.253 e. The van der Waals surface area contributed by atoms with Crippen molar-refractivity contribution < 1.29 is 14.7 Å². The van der Waals surface area contributed by atoms with Gasteiger partial charge in [-0.25, -0.2) is 0 Å². The number of hydrogen-bond donors (Lipinski definition) is 2. The Morgan fingerprint density at radius 1 is 1.24 bits per heavy atom. The first-order chi connectivity index (χ1) is 10.0. The van der Waals surface area contributed by atoms with Crippen LogP contribution in [-0.4, -0.2) is 36.1 Å². The Balaban J connectivity index is 2.17. The van der Waals surface area contributed by atoms with Gasteiger partial charge in [0.1, 0.15) is 0 Å². The van der Waals surface area contributed by atoms with E-state index < -0.39 is 6.10 Å². The van der Waals surface area contributed by atoms with Crippen molar-refractivity contribution in [2.75, 3.05) is 11.9 Å². The van der Waals surface area contributed by atoms with Gasteiger partial charge >= 0.3 is 0 Å². The maximum atomic E-state index is 12.4. The van der Waals surface area contributed by atoms with Gasteiger partial charge in [0.15, 0.2) is 0 Å². The van der Waals surface area contributed by atoms with Crippen LogP contribution in [0.5, 0.6) is 0 Å². The zero-order chi connectivity index (χ0) is 15.4. The van der Waals surface area contributed by atoms with Crippen LogP contribution in [0.4, 0.5) is 5.69 Å². The molecule has 21 heavy (non-hydrogen) atoms. The lowest BCUT2D eigenvalue weighted by Gasteiger charge is -2.29. The summed E-state index contributed by atoms with van der Waals surface area (Å²) < 4.78 is 0. The summed E-state index contributed by atoms with van der Waals surface area (Å²) in [5.41, 5.74) is 1.03. The molecule has 1 fully saturated rings. The van der Waals surface area contributed by atoms with E-state index in [1.807, 2.05) is 0 Å². The van der Waals surface area contributed by atoms with Gasteiger partial charge in [-0.15, -0.1) is 0 Å². The molecule has 0 bridgehead atoms. The minimum absolute atomic E-state index is 0.132. The van der Waals surface area contributed by atoms with Gasteiger partial charge in [-0.3, -0.25) is 9.59 Å². The standard InChI is InChI=1S/C16H22N2O3/c1-11(19)18(2)14-9-5-3-7-12(14)16(21)17-13-8-4-6-10-15(13)20/h3,5,7,9,13,15,20H,4,6,8,10H2,1-2H3,(H,17,21)/t13-,15-/m0/s1. The van der Waals surface area contributed by atoms with Crippen molar-refractivity contribution >= 4 is 17.5 Å². The van der Waals surface area contributed by atoms with Crippen LogP contribution in [0.2, 0.25) is 0 Å². The molecule has 1 aliphatic rings.